The van der Waals surface area contributed by atoms with Crippen LogP contribution in [0.2, 0.25) is 0 Å². The Bertz CT molecular complexity index is 1520. The first kappa shape index (κ1) is 29.3. The lowest BCUT2D eigenvalue weighted by Gasteiger charge is -2.25. The number of nitrogen functional groups attached to an aromatic ring is 1. The van der Waals surface area contributed by atoms with Crippen LogP contribution in [0.5, 0.6) is 0 Å². The highest BCUT2D eigenvalue weighted by molar-refractivity contribution is 7.10. The van der Waals surface area contributed by atoms with Gasteiger partial charge in [0.05, 0.1) is 32.3 Å². The molecule has 1 spiro atoms. The molecule has 0 unspecified atom stereocenters. The Morgan fingerprint density at radius 2 is 1.83 bits per heavy atom. The number of nitrogens with two attached hydrogens (primary N) is 1. The molecular formula is C29H29F2N5O5S. The lowest BCUT2D eigenvalue weighted by atomic mass is 10.0. The first-order valence-electron chi connectivity index (χ1n) is 13.2. The number of nitrogens with zero attached hydrogens (tertiary/aromatic N) is 1. The molecule has 220 valence electrons. The molecule has 5 N–H and O–H groups in total. The van der Waals surface area contributed by atoms with Crippen molar-refractivity contribution in [2.75, 3.05) is 26.3 Å². The topological polar surface area (TPSA) is 147 Å². The zero-order valence-corrected chi connectivity index (χ0v) is 23.4. The Kier molecular flexibility index (Phi) is 8.34. The van der Waals surface area contributed by atoms with Crippen molar-refractivity contribution >= 4 is 34.9 Å². The van der Waals surface area contributed by atoms with Gasteiger partial charge in [0.15, 0.2) is 5.79 Å². The number of carbonyl (C=O) groups is 3. The summed E-state index contributed by atoms with van der Waals surface area (Å²) in [6.07, 6.45) is 0.135. The number of hydrogen-bond acceptors (Lipinski definition) is 7. The summed E-state index contributed by atoms with van der Waals surface area (Å²) in [6.45, 7) is 2.12. The summed E-state index contributed by atoms with van der Waals surface area (Å²) < 4.78 is 38.9. The molecule has 2 saturated heterocycles. The van der Waals surface area contributed by atoms with E-state index in [1.54, 1.807) is 18.4 Å². The number of rotatable bonds is 8. The van der Waals surface area contributed by atoms with Crippen LogP contribution in [0.4, 0.5) is 8.78 Å². The highest BCUT2D eigenvalue weighted by atomic mass is 32.1. The Balaban J connectivity index is 1.23. The Labute approximate surface area is 244 Å². The monoisotopic (exact) mass is 597 g/mol. The normalized spacial score (nSPS) is 18.2. The third-order valence-electron chi connectivity index (χ3n) is 7.23. The molecule has 10 nitrogen and oxygen atoms in total. The second-order valence-corrected chi connectivity index (χ2v) is 11.1. The quantitative estimate of drug-likeness (QED) is 0.232. The van der Waals surface area contributed by atoms with Crippen LogP contribution in [0, 0.1) is 17.0 Å². The second-order valence-electron chi connectivity index (χ2n) is 10.1. The average Bonchev–Trinajstić information content (AvgIpc) is 3.72. The van der Waals surface area contributed by atoms with Crippen molar-refractivity contribution < 1.29 is 32.6 Å². The molecule has 2 aromatic carbocycles. The Morgan fingerprint density at radius 1 is 1.12 bits per heavy atom. The number of amides is 3. The maximum atomic E-state index is 14.1. The standard InChI is InChI=1S/C29H29F2N5O5S/c1-16(24-10-19(14-42-24)26(32)33)35-28(39)23-12-29(40-8-9-41-29)15-36(23)25(37)13-34-27(38)18-4-2-17(3-5-18)21-7-6-20(30)11-22(21)31/h2-7,10-11,14,16,23H,8-9,12-13,15H2,1H3,(H3,32,33)(H,34,38)(H,35,39)/t16-,23+/m1/s1. The van der Waals surface area contributed by atoms with Crippen LogP contribution >= 0.6 is 11.3 Å². The fourth-order valence-corrected chi connectivity index (χ4v) is 5.94. The fourth-order valence-electron chi connectivity index (χ4n) is 5.03. The number of ether oxygens (including phenoxy) is 2. The van der Waals surface area contributed by atoms with Crippen LogP contribution in [0.25, 0.3) is 11.1 Å². The van der Waals surface area contributed by atoms with Crippen LogP contribution < -0.4 is 16.4 Å². The van der Waals surface area contributed by atoms with Gasteiger partial charge < -0.3 is 30.7 Å². The van der Waals surface area contributed by atoms with Crippen LogP contribution in [0.15, 0.2) is 53.9 Å². The summed E-state index contributed by atoms with van der Waals surface area (Å²) in [5, 5.41) is 14.8. The lowest BCUT2D eigenvalue weighted by molar-refractivity contribution is -0.152. The molecule has 13 heteroatoms. The molecule has 2 atom stereocenters. The molecule has 0 radical (unpaired) electrons. The van der Waals surface area contributed by atoms with Gasteiger partial charge in [0.2, 0.25) is 11.8 Å². The van der Waals surface area contributed by atoms with E-state index in [1.807, 2.05) is 0 Å². The molecule has 2 aliphatic rings. The van der Waals surface area contributed by atoms with Crippen molar-refractivity contribution in [1.29, 1.82) is 5.41 Å². The molecule has 3 amide bonds. The number of halogens is 2. The van der Waals surface area contributed by atoms with Crippen molar-refractivity contribution in [3.8, 4) is 11.1 Å². The van der Waals surface area contributed by atoms with E-state index < -0.39 is 47.2 Å². The molecule has 0 aliphatic carbocycles. The second kappa shape index (κ2) is 12.0. The van der Waals surface area contributed by atoms with E-state index in [9.17, 15) is 23.2 Å². The summed E-state index contributed by atoms with van der Waals surface area (Å²) in [7, 11) is 0. The van der Waals surface area contributed by atoms with E-state index in [1.165, 1.54) is 46.6 Å². The maximum Gasteiger partial charge on any atom is 0.251 e. The Hall–Kier alpha value is -4.20. The van der Waals surface area contributed by atoms with E-state index in [2.05, 4.69) is 10.6 Å². The molecule has 5 rings (SSSR count). The number of carbonyl (C=O) groups excluding carboxylic acids is 3. The van der Waals surface area contributed by atoms with E-state index in [0.717, 1.165) is 17.0 Å². The molecular weight excluding hydrogens is 568 g/mol. The van der Waals surface area contributed by atoms with E-state index in [-0.39, 0.29) is 36.5 Å². The minimum absolute atomic E-state index is 0.0274. The van der Waals surface area contributed by atoms with E-state index >= 15 is 0 Å². The van der Waals surface area contributed by atoms with Gasteiger partial charge >= 0.3 is 0 Å². The predicted octanol–water partition coefficient (Wildman–Crippen LogP) is 2.93. The van der Waals surface area contributed by atoms with Crippen molar-refractivity contribution in [2.45, 2.75) is 31.2 Å². The van der Waals surface area contributed by atoms with Crippen molar-refractivity contribution in [3.05, 3.63) is 81.5 Å². The molecule has 2 fully saturated rings. The van der Waals surface area contributed by atoms with Gasteiger partial charge in [0, 0.05) is 39.4 Å². The molecule has 42 heavy (non-hydrogen) atoms. The minimum atomic E-state index is -1.10. The number of thiophene rings is 1. The van der Waals surface area contributed by atoms with Gasteiger partial charge in [-0.25, -0.2) is 8.78 Å². The predicted molar refractivity (Wildman–Crippen MR) is 151 cm³/mol. The summed E-state index contributed by atoms with van der Waals surface area (Å²) in [5.74, 6) is -4.01. The molecule has 1 aromatic heterocycles. The number of benzene rings is 2. The average molecular weight is 598 g/mol. The largest absolute Gasteiger partial charge is 0.384 e. The maximum absolute atomic E-state index is 14.1. The van der Waals surface area contributed by atoms with Crippen LogP contribution in [0.3, 0.4) is 0 Å². The fraction of sp³-hybridized carbons (Fsp3) is 0.310. The molecule has 0 saturated carbocycles. The highest BCUT2D eigenvalue weighted by Crippen LogP contribution is 2.35. The van der Waals surface area contributed by atoms with Gasteiger partial charge in [-0.2, -0.15) is 0 Å². The molecule has 2 aliphatic heterocycles. The van der Waals surface area contributed by atoms with Gasteiger partial charge in [-0.05, 0) is 42.8 Å². The Morgan fingerprint density at radius 3 is 2.48 bits per heavy atom. The summed E-state index contributed by atoms with van der Waals surface area (Å²) >= 11 is 1.36. The van der Waals surface area contributed by atoms with Gasteiger partial charge in [-0.15, -0.1) is 11.3 Å². The van der Waals surface area contributed by atoms with Crippen LogP contribution in [0.1, 0.15) is 40.2 Å². The number of hydrogen-bond donors (Lipinski definition) is 4. The summed E-state index contributed by atoms with van der Waals surface area (Å²) in [5.41, 5.74) is 7.00. The number of likely N-dealkylation sites (tertiary alicyclic amines) is 1. The lowest BCUT2D eigenvalue weighted by Crippen LogP contribution is -2.49. The van der Waals surface area contributed by atoms with Crippen molar-refractivity contribution in [1.82, 2.24) is 15.5 Å². The van der Waals surface area contributed by atoms with E-state index in [4.69, 9.17) is 20.6 Å². The third kappa shape index (κ3) is 6.17. The SMILES string of the molecule is C[C@@H](NC(=O)[C@@H]1CC2(CN1C(=O)CNC(=O)c1ccc(-c3ccc(F)cc3F)cc1)OCCO2)c1cc(C(=N)N)cs1. The van der Waals surface area contributed by atoms with E-state index in [0.29, 0.717) is 24.3 Å². The highest BCUT2D eigenvalue weighted by Gasteiger charge is 2.52. The van der Waals surface area contributed by atoms with Crippen molar-refractivity contribution in [2.24, 2.45) is 5.73 Å². The van der Waals surface area contributed by atoms with Gasteiger partial charge in [0.25, 0.3) is 5.91 Å². The third-order valence-corrected chi connectivity index (χ3v) is 8.35. The number of amidine groups is 1. The van der Waals surface area contributed by atoms with Crippen LogP contribution in [-0.4, -0.2) is 66.6 Å². The molecule has 0 bridgehead atoms. The molecule has 3 heterocycles. The van der Waals surface area contributed by atoms with Gasteiger partial charge in [0.1, 0.15) is 23.5 Å². The smallest absolute Gasteiger partial charge is 0.251 e. The molecule has 3 aromatic rings. The summed E-state index contributed by atoms with van der Waals surface area (Å²) in [6, 6.07) is 9.69. The minimum Gasteiger partial charge on any atom is -0.384 e. The zero-order valence-electron chi connectivity index (χ0n) is 22.6. The number of nitrogens with one attached hydrogen (secondary N) is 3. The van der Waals surface area contributed by atoms with Gasteiger partial charge in [-0.1, -0.05) is 12.1 Å². The first-order valence-corrected chi connectivity index (χ1v) is 14.1. The van der Waals surface area contributed by atoms with Crippen LogP contribution in [-0.2, 0) is 19.1 Å². The first-order chi connectivity index (χ1) is 20.0. The summed E-state index contributed by atoms with van der Waals surface area (Å²) in [4.78, 5) is 41.6. The van der Waals surface area contributed by atoms with Gasteiger partial charge in [-0.3, -0.25) is 19.8 Å². The van der Waals surface area contributed by atoms with Crippen molar-refractivity contribution in [3.63, 3.8) is 0 Å². The zero-order chi connectivity index (χ0) is 30.0.